The highest BCUT2D eigenvalue weighted by molar-refractivity contribution is 5.97. The summed E-state index contributed by atoms with van der Waals surface area (Å²) >= 11 is 0. The molecule has 0 unspecified atom stereocenters. The maximum Gasteiger partial charge on any atom is 0.433 e. The van der Waals surface area contributed by atoms with Gasteiger partial charge in [0.05, 0.1) is 29.0 Å². The molecule has 0 bridgehead atoms. The lowest BCUT2D eigenvalue weighted by atomic mass is 10.2. The first kappa shape index (κ1) is 19.5. The second-order valence-electron chi connectivity index (χ2n) is 7.90. The standard InChI is InChI=1S/C21H18F3N5O2/c22-21(23,24)17-6-5-12(9-25-17)29-10-11(7-18(29)30)26-20(31)14-8-13(14)19-27-15-3-1-2-4-16(15)28-19/h1-6,9,11,13-14H,7-8,10H2,(H,26,31)(H,27,28)/t11-,13+,14+/m1/s1. The fourth-order valence-corrected chi connectivity index (χ4v) is 4.01. The number of pyridine rings is 1. The molecular formula is C21H18F3N5O2. The van der Waals surface area contributed by atoms with Gasteiger partial charge in [-0.05, 0) is 30.7 Å². The number of aromatic amines is 1. The van der Waals surface area contributed by atoms with Gasteiger partial charge in [-0.15, -0.1) is 0 Å². The molecule has 5 rings (SSSR count). The molecule has 1 aliphatic heterocycles. The van der Waals surface area contributed by atoms with E-state index < -0.39 is 17.9 Å². The summed E-state index contributed by atoms with van der Waals surface area (Å²) in [7, 11) is 0. The quantitative estimate of drug-likeness (QED) is 0.667. The van der Waals surface area contributed by atoms with Crippen LogP contribution in [0, 0.1) is 5.92 Å². The van der Waals surface area contributed by atoms with Gasteiger partial charge in [0, 0.05) is 24.8 Å². The molecule has 2 aromatic heterocycles. The van der Waals surface area contributed by atoms with Gasteiger partial charge in [0.2, 0.25) is 11.8 Å². The molecule has 0 spiro atoms. The highest BCUT2D eigenvalue weighted by Crippen LogP contribution is 2.47. The third-order valence-electron chi connectivity index (χ3n) is 5.71. The van der Waals surface area contributed by atoms with E-state index in [0.29, 0.717) is 6.42 Å². The largest absolute Gasteiger partial charge is 0.433 e. The molecule has 1 saturated heterocycles. The van der Waals surface area contributed by atoms with Gasteiger partial charge in [-0.2, -0.15) is 13.2 Å². The minimum atomic E-state index is -4.54. The fourth-order valence-electron chi connectivity index (χ4n) is 4.01. The summed E-state index contributed by atoms with van der Waals surface area (Å²) in [6.07, 6.45) is -2.73. The molecular weight excluding hydrogens is 411 g/mol. The zero-order chi connectivity index (χ0) is 21.8. The van der Waals surface area contributed by atoms with Crippen LogP contribution in [-0.2, 0) is 15.8 Å². The van der Waals surface area contributed by atoms with Crippen molar-refractivity contribution in [3.8, 4) is 0 Å². The fraction of sp³-hybridized carbons (Fsp3) is 0.333. The smallest absolute Gasteiger partial charge is 0.351 e. The lowest BCUT2D eigenvalue weighted by Gasteiger charge is -2.17. The number of carbonyl (C=O) groups is 2. The van der Waals surface area contributed by atoms with Crippen molar-refractivity contribution in [2.45, 2.75) is 31.0 Å². The van der Waals surface area contributed by atoms with Crippen molar-refractivity contribution < 1.29 is 22.8 Å². The Hall–Kier alpha value is -3.43. The number of aromatic nitrogens is 3. The number of anilines is 1. The molecule has 2 fully saturated rings. The summed E-state index contributed by atoms with van der Waals surface area (Å²) in [5, 5.41) is 2.90. The molecule has 160 valence electrons. The molecule has 1 aliphatic carbocycles. The predicted octanol–water partition coefficient (Wildman–Crippen LogP) is 3.00. The molecule has 3 heterocycles. The van der Waals surface area contributed by atoms with Crippen molar-refractivity contribution in [3.63, 3.8) is 0 Å². The van der Waals surface area contributed by atoms with Crippen molar-refractivity contribution in [3.05, 3.63) is 54.1 Å². The molecule has 10 heteroatoms. The molecule has 2 aliphatic rings. The SMILES string of the molecule is O=C(N[C@@H]1CC(=O)N(c2ccc(C(F)(F)F)nc2)C1)[C@H]1C[C@@H]1c1nc2ccccc2[nH]1. The van der Waals surface area contributed by atoms with E-state index >= 15 is 0 Å². The summed E-state index contributed by atoms with van der Waals surface area (Å²) in [6, 6.07) is 9.31. The number of alkyl halides is 3. The van der Waals surface area contributed by atoms with Crippen molar-refractivity contribution >= 4 is 28.5 Å². The minimum absolute atomic E-state index is 0.0136. The van der Waals surface area contributed by atoms with E-state index in [9.17, 15) is 22.8 Å². The predicted molar refractivity (Wildman–Crippen MR) is 105 cm³/mol. The van der Waals surface area contributed by atoms with Crippen LogP contribution in [0.15, 0.2) is 42.6 Å². The second-order valence-corrected chi connectivity index (χ2v) is 7.90. The van der Waals surface area contributed by atoms with Crippen LogP contribution in [-0.4, -0.2) is 39.4 Å². The number of amides is 2. The molecule has 1 aromatic carbocycles. The van der Waals surface area contributed by atoms with Gasteiger partial charge >= 0.3 is 6.18 Å². The molecule has 3 atom stereocenters. The van der Waals surface area contributed by atoms with Crippen LogP contribution in [0.4, 0.5) is 18.9 Å². The monoisotopic (exact) mass is 429 g/mol. The van der Waals surface area contributed by atoms with Crippen LogP contribution in [0.5, 0.6) is 0 Å². The van der Waals surface area contributed by atoms with Crippen LogP contribution < -0.4 is 10.2 Å². The van der Waals surface area contributed by atoms with Crippen LogP contribution in [0.25, 0.3) is 11.0 Å². The van der Waals surface area contributed by atoms with Gasteiger partial charge in [0.1, 0.15) is 11.5 Å². The number of nitrogens with one attached hydrogen (secondary N) is 2. The number of para-hydroxylation sites is 2. The molecule has 2 amide bonds. The topological polar surface area (TPSA) is 91.0 Å². The average molecular weight is 429 g/mol. The summed E-state index contributed by atoms with van der Waals surface area (Å²) in [4.78, 5) is 37.5. The van der Waals surface area contributed by atoms with E-state index in [2.05, 4.69) is 20.3 Å². The molecule has 2 N–H and O–H groups in total. The molecule has 0 radical (unpaired) electrons. The van der Waals surface area contributed by atoms with Crippen molar-refractivity contribution in [1.29, 1.82) is 0 Å². The van der Waals surface area contributed by atoms with Crippen LogP contribution in [0.1, 0.15) is 30.3 Å². The summed E-state index contributed by atoms with van der Waals surface area (Å²) in [5.74, 6) is 0.172. The maximum absolute atomic E-state index is 12.7. The number of imidazole rings is 1. The van der Waals surface area contributed by atoms with Crippen LogP contribution in [0.2, 0.25) is 0 Å². The van der Waals surface area contributed by atoms with Gasteiger partial charge in [0.15, 0.2) is 0 Å². The van der Waals surface area contributed by atoms with E-state index in [1.165, 1.54) is 11.0 Å². The Morgan fingerprint density at radius 2 is 2.00 bits per heavy atom. The number of carbonyl (C=O) groups excluding carboxylic acids is 2. The zero-order valence-electron chi connectivity index (χ0n) is 16.2. The Morgan fingerprint density at radius 1 is 1.19 bits per heavy atom. The van der Waals surface area contributed by atoms with Crippen molar-refractivity contribution in [2.24, 2.45) is 5.92 Å². The number of nitrogens with zero attached hydrogens (tertiary/aromatic N) is 3. The Balaban J connectivity index is 1.20. The van der Waals surface area contributed by atoms with E-state index in [0.717, 1.165) is 29.1 Å². The Bertz CT molecular complexity index is 1120. The lowest BCUT2D eigenvalue weighted by Crippen LogP contribution is -2.38. The maximum atomic E-state index is 12.7. The third kappa shape index (κ3) is 3.73. The van der Waals surface area contributed by atoms with E-state index in [1.807, 2.05) is 24.3 Å². The van der Waals surface area contributed by atoms with Gasteiger partial charge in [0.25, 0.3) is 0 Å². The highest BCUT2D eigenvalue weighted by atomic mass is 19.4. The Labute approximate surface area is 174 Å². The first-order valence-corrected chi connectivity index (χ1v) is 9.88. The van der Waals surface area contributed by atoms with Gasteiger partial charge in [-0.25, -0.2) is 9.97 Å². The lowest BCUT2D eigenvalue weighted by molar-refractivity contribution is -0.141. The van der Waals surface area contributed by atoms with Crippen molar-refractivity contribution in [2.75, 3.05) is 11.4 Å². The summed E-state index contributed by atoms with van der Waals surface area (Å²) in [5.41, 5.74) is 1.04. The Morgan fingerprint density at radius 3 is 2.71 bits per heavy atom. The molecule has 1 saturated carbocycles. The first-order chi connectivity index (χ1) is 14.8. The summed E-state index contributed by atoms with van der Waals surface area (Å²) < 4.78 is 38.0. The second kappa shape index (κ2) is 7.07. The number of halogens is 3. The Kier molecular flexibility index (Phi) is 4.45. The number of benzene rings is 1. The first-order valence-electron chi connectivity index (χ1n) is 9.88. The number of hydrogen-bond donors (Lipinski definition) is 2. The van der Waals surface area contributed by atoms with E-state index in [-0.39, 0.29) is 42.3 Å². The number of fused-ring (bicyclic) bond motifs is 1. The number of H-pyrrole nitrogens is 1. The molecule has 31 heavy (non-hydrogen) atoms. The summed E-state index contributed by atoms with van der Waals surface area (Å²) in [6.45, 7) is 0.194. The van der Waals surface area contributed by atoms with Crippen molar-refractivity contribution in [1.82, 2.24) is 20.3 Å². The minimum Gasteiger partial charge on any atom is -0.351 e. The highest BCUT2D eigenvalue weighted by Gasteiger charge is 2.47. The zero-order valence-corrected chi connectivity index (χ0v) is 16.2. The van der Waals surface area contributed by atoms with Gasteiger partial charge in [-0.3, -0.25) is 9.59 Å². The normalized spacial score (nSPS) is 23.4. The number of hydrogen-bond acceptors (Lipinski definition) is 4. The molecule has 7 nitrogen and oxygen atoms in total. The van der Waals surface area contributed by atoms with Gasteiger partial charge in [-0.1, -0.05) is 12.1 Å². The van der Waals surface area contributed by atoms with E-state index in [4.69, 9.17) is 0 Å². The van der Waals surface area contributed by atoms with Gasteiger partial charge < -0.3 is 15.2 Å². The van der Waals surface area contributed by atoms with Crippen LogP contribution in [0.3, 0.4) is 0 Å². The molecule has 3 aromatic rings. The third-order valence-corrected chi connectivity index (χ3v) is 5.71. The van der Waals surface area contributed by atoms with E-state index in [1.54, 1.807) is 0 Å². The van der Waals surface area contributed by atoms with Crippen LogP contribution >= 0.6 is 0 Å². The average Bonchev–Trinajstić information content (AvgIpc) is 3.29. The number of rotatable bonds is 4.